The van der Waals surface area contributed by atoms with Gasteiger partial charge in [-0.2, -0.15) is 0 Å². The van der Waals surface area contributed by atoms with Crippen LogP contribution in [0.25, 0.3) is 110 Å². The highest BCUT2D eigenvalue weighted by Crippen LogP contribution is 2.40. The van der Waals surface area contributed by atoms with Crippen molar-refractivity contribution in [2.24, 2.45) is 0 Å². The average Bonchev–Trinajstić information content (AvgIpc) is 3.78. The zero-order valence-electron chi connectivity index (χ0n) is 30.5. The summed E-state index contributed by atoms with van der Waals surface area (Å²) < 4.78 is 4.80. The maximum atomic E-state index is 2.40. The number of benzene rings is 10. The molecule has 0 spiro atoms. The lowest BCUT2D eigenvalue weighted by atomic mass is 9.90. The third kappa shape index (κ3) is 4.63. The summed E-state index contributed by atoms with van der Waals surface area (Å²) in [5, 5.41) is 12.5. The van der Waals surface area contributed by atoms with E-state index in [0.29, 0.717) is 0 Å². The molecule has 0 N–H and O–H groups in total. The lowest BCUT2D eigenvalue weighted by Gasteiger charge is -2.15. The van der Waals surface area contributed by atoms with Gasteiger partial charge in [0.1, 0.15) is 0 Å². The van der Waals surface area contributed by atoms with Gasteiger partial charge in [0, 0.05) is 32.9 Å². The molecule has 2 nitrogen and oxygen atoms in total. The van der Waals surface area contributed by atoms with E-state index in [1.54, 1.807) is 0 Å². The minimum atomic E-state index is 1.17. The molecule has 10 aromatic carbocycles. The van der Waals surface area contributed by atoms with E-state index in [9.17, 15) is 0 Å². The van der Waals surface area contributed by atoms with Crippen LogP contribution in [0, 0.1) is 0 Å². The van der Waals surface area contributed by atoms with Crippen molar-refractivity contribution in [2.75, 3.05) is 0 Å². The van der Waals surface area contributed by atoms with Crippen molar-refractivity contribution in [3.05, 3.63) is 206 Å². The van der Waals surface area contributed by atoms with Crippen molar-refractivity contribution in [1.29, 1.82) is 0 Å². The van der Waals surface area contributed by atoms with Gasteiger partial charge < -0.3 is 9.13 Å². The number of hydrogen-bond acceptors (Lipinski definition) is 0. The lowest BCUT2D eigenvalue weighted by molar-refractivity contribution is 1.19. The predicted molar refractivity (Wildman–Crippen MR) is 239 cm³/mol. The van der Waals surface area contributed by atoms with Gasteiger partial charge in [0.25, 0.3) is 0 Å². The monoisotopic (exact) mass is 710 g/mol. The van der Waals surface area contributed by atoms with Crippen molar-refractivity contribution < 1.29 is 0 Å². The number of rotatable bonds is 4. The van der Waals surface area contributed by atoms with Crippen LogP contribution in [0.15, 0.2) is 206 Å². The number of hydrogen-bond donors (Lipinski definition) is 0. The van der Waals surface area contributed by atoms with Gasteiger partial charge in [0.15, 0.2) is 0 Å². The summed E-state index contributed by atoms with van der Waals surface area (Å²) in [5.74, 6) is 0. The Morgan fingerprint density at radius 2 is 0.625 bits per heavy atom. The maximum Gasteiger partial charge on any atom is 0.0541 e. The number of para-hydroxylation sites is 4. The van der Waals surface area contributed by atoms with E-state index in [-0.39, 0.29) is 0 Å². The molecule has 0 fully saturated rings. The third-order valence-electron chi connectivity index (χ3n) is 11.9. The van der Waals surface area contributed by atoms with Crippen LogP contribution >= 0.6 is 0 Å². The second-order valence-electron chi connectivity index (χ2n) is 14.9. The van der Waals surface area contributed by atoms with Crippen molar-refractivity contribution >= 4 is 75.9 Å². The summed E-state index contributed by atoms with van der Waals surface area (Å²) in [5.41, 5.74) is 12.1. The highest BCUT2D eigenvalue weighted by atomic mass is 15.0. The van der Waals surface area contributed by atoms with E-state index in [1.807, 2.05) is 0 Å². The third-order valence-corrected chi connectivity index (χ3v) is 11.9. The molecule has 12 rings (SSSR count). The Bertz CT molecular complexity index is 3200. The Morgan fingerprint density at radius 1 is 0.250 bits per heavy atom. The molecule has 2 heterocycles. The Balaban J connectivity index is 1.01. The lowest BCUT2D eigenvalue weighted by Crippen LogP contribution is -1.94. The molecule has 0 amide bonds. The van der Waals surface area contributed by atoms with Crippen LogP contribution < -0.4 is 0 Å². The summed E-state index contributed by atoms with van der Waals surface area (Å²) in [6.45, 7) is 0. The average molecular weight is 711 g/mol. The number of aromatic nitrogens is 2. The van der Waals surface area contributed by atoms with Crippen molar-refractivity contribution in [3.8, 4) is 33.6 Å². The summed E-state index contributed by atoms with van der Waals surface area (Å²) in [4.78, 5) is 0. The molecule has 0 radical (unpaired) electrons. The first kappa shape index (κ1) is 31.0. The number of fused-ring (bicyclic) bond motifs is 9. The molecule has 0 saturated carbocycles. The van der Waals surface area contributed by atoms with E-state index in [4.69, 9.17) is 0 Å². The van der Waals surface area contributed by atoms with Crippen LogP contribution in [-0.2, 0) is 0 Å². The van der Waals surface area contributed by atoms with E-state index in [0.717, 1.165) is 0 Å². The Hall–Kier alpha value is -7.42. The van der Waals surface area contributed by atoms with E-state index in [2.05, 4.69) is 215 Å². The van der Waals surface area contributed by atoms with Crippen LogP contribution in [0.1, 0.15) is 0 Å². The second-order valence-corrected chi connectivity index (χ2v) is 14.9. The molecule has 0 aliphatic carbocycles. The van der Waals surface area contributed by atoms with Gasteiger partial charge in [0.05, 0.1) is 22.1 Å². The molecular weight excluding hydrogens is 677 g/mol. The van der Waals surface area contributed by atoms with E-state index >= 15 is 0 Å². The van der Waals surface area contributed by atoms with Gasteiger partial charge in [-0.25, -0.2) is 0 Å². The second kappa shape index (κ2) is 12.0. The van der Waals surface area contributed by atoms with E-state index in [1.165, 1.54) is 110 Å². The SMILES string of the molecule is c1cc(-c2ccc3ccc(-n4c5ccccc5c5ccccc54)cc3c2)c2c(-c3ccc4ccc(-n5c6ccccc6c6ccccc65)cc4c3)cccc2c1. The van der Waals surface area contributed by atoms with Crippen LogP contribution in [0.3, 0.4) is 0 Å². The quantitative estimate of drug-likeness (QED) is 0.172. The first-order valence-electron chi connectivity index (χ1n) is 19.3. The van der Waals surface area contributed by atoms with Crippen molar-refractivity contribution in [3.63, 3.8) is 0 Å². The molecule has 2 heteroatoms. The zero-order chi connectivity index (χ0) is 36.7. The molecule has 0 unspecified atom stereocenters. The Morgan fingerprint density at radius 3 is 1.04 bits per heavy atom. The fourth-order valence-corrected chi connectivity index (χ4v) is 9.31. The topological polar surface area (TPSA) is 9.86 Å². The summed E-state index contributed by atoms with van der Waals surface area (Å²) in [6.07, 6.45) is 0. The molecule has 0 saturated heterocycles. The Kier molecular flexibility index (Phi) is 6.66. The van der Waals surface area contributed by atoms with Gasteiger partial charge in [-0.1, -0.05) is 146 Å². The van der Waals surface area contributed by atoms with Crippen LogP contribution in [-0.4, -0.2) is 9.13 Å². The predicted octanol–water partition coefficient (Wildman–Crippen LogP) is 14.7. The maximum absolute atomic E-state index is 2.40. The largest absolute Gasteiger partial charge is 0.309 e. The molecule has 0 atom stereocenters. The molecule has 2 aromatic heterocycles. The molecular formula is C54H34N2. The van der Waals surface area contributed by atoms with Gasteiger partial charge in [0.2, 0.25) is 0 Å². The molecule has 12 aromatic rings. The standard InChI is InChI=1S/C54H34N2/c1-5-19-50-46(13-1)47-14-2-6-20-51(47)55(50)42-29-27-35-23-25-38(31-40(35)33-42)44-17-9-11-37-12-10-18-45(54(37)44)39-26-24-36-28-30-43(34-41(36)32-39)56-52-21-7-3-15-48(52)49-16-4-8-22-53(49)56/h1-34H. The molecule has 0 aliphatic rings. The highest BCUT2D eigenvalue weighted by Gasteiger charge is 2.16. The molecule has 0 aliphatic heterocycles. The van der Waals surface area contributed by atoms with Gasteiger partial charge in [-0.3, -0.25) is 0 Å². The fraction of sp³-hybridized carbons (Fsp3) is 0. The van der Waals surface area contributed by atoms with Gasteiger partial charge >= 0.3 is 0 Å². The fourth-order valence-electron chi connectivity index (χ4n) is 9.31. The van der Waals surface area contributed by atoms with Gasteiger partial charge in [-0.05, 0) is 115 Å². The van der Waals surface area contributed by atoms with Crippen LogP contribution in [0.4, 0.5) is 0 Å². The minimum Gasteiger partial charge on any atom is -0.309 e. The highest BCUT2D eigenvalue weighted by molar-refractivity contribution is 6.12. The summed E-state index contributed by atoms with van der Waals surface area (Å²) in [7, 11) is 0. The zero-order valence-corrected chi connectivity index (χ0v) is 30.5. The van der Waals surface area contributed by atoms with Crippen LogP contribution in [0.5, 0.6) is 0 Å². The number of nitrogens with zero attached hydrogens (tertiary/aromatic N) is 2. The molecule has 0 bridgehead atoms. The van der Waals surface area contributed by atoms with Crippen LogP contribution in [0.2, 0.25) is 0 Å². The van der Waals surface area contributed by atoms with Crippen molar-refractivity contribution in [1.82, 2.24) is 9.13 Å². The normalized spacial score (nSPS) is 11.9. The minimum absolute atomic E-state index is 1.17. The van der Waals surface area contributed by atoms with Gasteiger partial charge in [-0.15, -0.1) is 0 Å². The molecule has 260 valence electrons. The smallest absolute Gasteiger partial charge is 0.0541 e. The first-order chi connectivity index (χ1) is 27.8. The first-order valence-corrected chi connectivity index (χ1v) is 19.3. The summed E-state index contributed by atoms with van der Waals surface area (Å²) >= 11 is 0. The van der Waals surface area contributed by atoms with E-state index < -0.39 is 0 Å². The van der Waals surface area contributed by atoms with Crippen molar-refractivity contribution in [2.45, 2.75) is 0 Å². The molecule has 56 heavy (non-hydrogen) atoms. The summed E-state index contributed by atoms with van der Waals surface area (Å²) in [6, 6.07) is 75.9. The Labute approximate surface area is 323 Å².